The maximum atomic E-state index is 13.0. The molecule has 0 aliphatic carbocycles. The van der Waals surface area contributed by atoms with Crippen LogP contribution in [0.3, 0.4) is 0 Å². The normalized spacial score (nSPS) is 16.0. The van der Waals surface area contributed by atoms with Crippen LogP contribution in [0.1, 0.15) is 18.1 Å². The van der Waals surface area contributed by atoms with Crippen LogP contribution in [-0.2, 0) is 26.2 Å². The number of hydrogen-bond donors (Lipinski definition) is 2. The first-order valence-electron chi connectivity index (χ1n) is 9.07. The largest absolute Gasteiger partial charge is 0.479 e. The van der Waals surface area contributed by atoms with Gasteiger partial charge in [-0.25, -0.2) is 8.42 Å². The predicted octanol–water partition coefficient (Wildman–Crippen LogP) is 1.65. The summed E-state index contributed by atoms with van der Waals surface area (Å²) in [6.07, 6.45) is -0.720. The summed E-state index contributed by atoms with van der Waals surface area (Å²) in [5, 5.41) is 5.40. The maximum Gasteiger partial charge on any atom is 0.265 e. The van der Waals surface area contributed by atoms with Crippen LogP contribution in [-0.4, -0.2) is 44.2 Å². The third-order valence-electron chi connectivity index (χ3n) is 4.59. The minimum Gasteiger partial charge on any atom is -0.479 e. The van der Waals surface area contributed by atoms with E-state index in [0.29, 0.717) is 17.8 Å². The maximum absolute atomic E-state index is 13.0. The Morgan fingerprint density at radius 1 is 1.24 bits per heavy atom. The number of carbonyl (C=O) groups is 2. The zero-order valence-corrected chi connectivity index (χ0v) is 17.2. The highest BCUT2D eigenvalue weighted by atomic mass is 32.2. The van der Waals surface area contributed by atoms with E-state index in [4.69, 9.17) is 4.74 Å². The second-order valence-electron chi connectivity index (χ2n) is 6.89. The van der Waals surface area contributed by atoms with Gasteiger partial charge in [0, 0.05) is 19.7 Å². The van der Waals surface area contributed by atoms with Crippen molar-refractivity contribution in [1.29, 1.82) is 0 Å². The minimum absolute atomic E-state index is 0.0259. The van der Waals surface area contributed by atoms with Crippen LogP contribution < -0.4 is 15.4 Å². The van der Waals surface area contributed by atoms with Gasteiger partial charge in [-0.2, -0.15) is 4.31 Å². The molecule has 0 bridgehead atoms. The van der Waals surface area contributed by atoms with Gasteiger partial charge in [0.15, 0.2) is 6.10 Å². The molecule has 2 aromatic carbocycles. The molecule has 0 spiro atoms. The van der Waals surface area contributed by atoms with Crippen LogP contribution in [0.5, 0.6) is 5.75 Å². The first kappa shape index (κ1) is 20.8. The van der Waals surface area contributed by atoms with Crippen molar-refractivity contribution in [3.05, 3.63) is 53.6 Å². The van der Waals surface area contributed by atoms with E-state index >= 15 is 0 Å². The van der Waals surface area contributed by atoms with Crippen molar-refractivity contribution in [2.75, 3.05) is 18.9 Å². The lowest BCUT2D eigenvalue weighted by Gasteiger charge is -2.25. The van der Waals surface area contributed by atoms with Gasteiger partial charge >= 0.3 is 0 Å². The van der Waals surface area contributed by atoms with Crippen LogP contribution in [0.25, 0.3) is 0 Å². The fourth-order valence-corrected chi connectivity index (χ4v) is 4.27. The molecule has 2 N–H and O–H groups in total. The molecule has 9 heteroatoms. The molecule has 1 atom stereocenters. The molecule has 1 heterocycles. The van der Waals surface area contributed by atoms with Crippen molar-refractivity contribution in [2.45, 2.75) is 31.4 Å². The number of nitrogens with one attached hydrogen (secondary N) is 2. The second kappa shape index (κ2) is 8.22. The highest BCUT2D eigenvalue weighted by Gasteiger charge is 2.30. The standard InChI is InChI=1S/C20H23N3O5S/c1-13-9-16-17(28-14(2)20(25)22-16)10-18(13)29(26,27)23(3)12-19(24)21-11-15-7-5-4-6-8-15/h4-10,14H,11-12H2,1-3H3,(H,21,24)(H,22,25)/t14-/m1/s1. The Labute approximate surface area is 169 Å². The molecule has 1 aliphatic heterocycles. The fraction of sp³-hybridized carbons (Fsp3) is 0.300. The number of nitrogens with zero attached hydrogens (tertiary/aromatic N) is 1. The van der Waals surface area contributed by atoms with Crippen molar-refractivity contribution in [1.82, 2.24) is 9.62 Å². The summed E-state index contributed by atoms with van der Waals surface area (Å²) in [4.78, 5) is 24.0. The summed E-state index contributed by atoms with van der Waals surface area (Å²) in [6, 6.07) is 12.3. The van der Waals surface area contributed by atoms with Crippen LogP contribution >= 0.6 is 0 Å². The van der Waals surface area contributed by atoms with Gasteiger partial charge in [0.1, 0.15) is 5.75 Å². The Morgan fingerprint density at radius 3 is 2.62 bits per heavy atom. The highest BCUT2D eigenvalue weighted by Crippen LogP contribution is 2.35. The number of anilines is 1. The summed E-state index contributed by atoms with van der Waals surface area (Å²) >= 11 is 0. The van der Waals surface area contributed by atoms with Crippen molar-refractivity contribution in [3.63, 3.8) is 0 Å². The van der Waals surface area contributed by atoms with Gasteiger partial charge in [-0.15, -0.1) is 0 Å². The van der Waals surface area contributed by atoms with Crippen molar-refractivity contribution in [2.24, 2.45) is 0 Å². The van der Waals surface area contributed by atoms with E-state index in [2.05, 4.69) is 10.6 Å². The summed E-state index contributed by atoms with van der Waals surface area (Å²) in [7, 11) is -2.58. The Morgan fingerprint density at radius 2 is 1.93 bits per heavy atom. The van der Waals surface area contributed by atoms with Gasteiger partial charge in [-0.05, 0) is 31.0 Å². The number of rotatable bonds is 6. The quantitative estimate of drug-likeness (QED) is 0.744. The number of ether oxygens (including phenoxy) is 1. The molecule has 0 saturated heterocycles. The molecule has 29 heavy (non-hydrogen) atoms. The lowest BCUT2D eigenvalue weighted by molar-refractivity contribution is -0.123. The van der Waals surface area contributed by atoms with E-state index in [0.717, 1.165) is 9.87 Å². The van der Waals surface area contributed by atoms with E-state index in [1.54, 1.807) is 19.9 Å². The molecule has 154 valence electrons. The molecule has 2 amide bonds. The predicted molar refractivity (Wildman–Crippen MR) is 108 cm³/mol. The van der Waals surface area contributed by atoms with Crippen LogP contribution in [0.4, 0.5) is 5.69 Å². The van der Waals surface area contributed by atoms with E-state index in [-0.39, 0.29) is 23.1 Å². The van der Waals surface area contributed by atoms with Gasteiger partial charge in [0.2, 0.25) is 15.9 Å². The number of carbonyl (C=O) groups excluding carboxylic acids is 2. The lowest BCUT2D eigenvalue weighted by atomic mass is 10.1. The molecule has 1 aliphatic rings. The number of benzene rings is 2. The first-order valence-corrected chi connectivity index (χ1v) is 10.5. The summed E-state index contributed by atoms with van der Waals surface area (Å²) in [5.74, 6) is -0.421. The average molecular weight is 417 g/mol. The fourth-order valence-electron chi connectivity index (χ4n) is 2.93. The van der Waals surface area contributed by atoms with Gasteiger partial charge in [0.25, 0.3) is 5.91 Å². The number of amides is 2. The van der Waals surface area contributed by atoms with Crippen LogP contribution in [0, 0.1) is 6.92 Å². The van der Waals surface area contributed by atoms with Crippen molar-refractivity contribution < 1.29 is 22.7 Å². The molecule has 8 nitrogen and oxygen atoms in total. The average Bonchev–Trinajstić information content (AvgIpc) is 2.68. The van der Waals surface area contributed by atoms with E-state index < -0.39 is 22.0 Å². The monoisotopic (exact) mass is 417 g/mol. The summed E-state index contributed by atoms with van der Waals surface area (Å²) in [6.45, 7) is 3.20. The Bertz CT molecular complexity index is 1040. The van der Waals surface area contributed by atoms with Crippen LogP contribution in [0.2, 0.25) is 0 Å². The first-order chi connectivity index (χ1) is 13.7. The molecular weight excluding hydrogens is 394 g/mol. The molecule has 0 radical (unpaired) electrons. The molecule has 0 saturated carbocycles. The molecule has 0 unspecified atom stereocenters. The van der Waals surface area contributed by atoms with Crippen molar-refractivity contribution in [3.8, 4) is 5.75 Å². The van der Waals surface area contributed by atoms with Gasteiger partial charge in [-0.3, -0.25) is 9.59 Å². The summed E-state index contributed by atoms with van der Waals surface area (Å²) < 4.78 is 32.5. The Hall–Kier alpha value is -2.91. The Kier molecular flexibility index (Phi) is 5.90. The third-order valence-corrected chi connectivity index (χ3v) is 6.54. The van der Waals surface area contributed by atoms with E-state index in [1.807, 2.05) is 30.3 Å². The zero-order chi connectivity index (χ0) is 21.2. The Balaban J connectivity index is 1.73. The molecule has 3 rings (SSSR count). The number of likely N-dealkylation sites (N-methyl/N-ethyl adjacent to an activating group) is 1. The second-order valence-corrected chi connectivity index (χ2v) is 8.90. The number of aryl methyl sites for hydroxylation is 1. The van der Waals surface area contributed by atoms with Crippen molar-refractivity contribution >= 4 is 27.5 Å². The van der Waals surface area contributed by atoms with E-state index in [1.165, 1.54) is 13.1 Å². The number of hydrogen-bond acceptors (Lipinski definition) is 5. The smallest absolute Gasteiger partial charge is 0.265 e. The number of sulfonamides is 1. The highest BCUT2D eigenvalue weighted by molar-refractivity contribution is 7.89. The molecule has 0 aromatic heterocycles. The lowest BCUT2D eigenvalue weighted by Crippen LogP contribution is -2.38. The topological polar surface area (TPSA) is 105 Å². The number of fused-ring (bicyclic) bond motifs is 1. The van der Waals surface area contributed by atoms with Gasteiger partial charge in [0.05, 0.1) is 17.1 Å². The molecule has 0 fully saturated rings. The van der Waals surface area contributed by atoms with E-state index in [9.17, 15) is 18.0 Å². The van der Waals surface area contributed by atoms with Gasteiger partial charge < -0.3 is 15.4 Å². The molecular formula is C20H23N3O5S. The molecule has 2 aromatic rings. The SMILES string of the molecule is Cc1cc2c(cc1S(=O)(=O)N(C)CC(=O)NCc1ccccc1)O[C@H](C)C(=O)N2. The van der Waals surface area contributed by atoms with Crippen LogP contribution in [0.15, 0.2) is 47.4 Å². The van der Waals surface area contributed by atoms with Gasteiger partial charge in [-0.1, -0.05) is 30.3 Å². The third kappa shape index (κ3) is 4.57. The summed E-state index contributed by atoms with van der Waals surface area (Å²) in [5.41, 5.74) is 1.79. The zero-order valence-electron chi connectivity index (χ0n) is 16.4. The minimum atomic E-state index is -3.93.